The Morgan fingerprint density at radius 3 is 1.85 bits per heavy atom. The van der Waals surface area contributed by atoms with Gasteiger partial charge in [0.05, 0.1) is 0 Å². The zero-order valence-corrected chi connectivity index (χ0v) is 14.3. The lowest BCUT2D eigenvalue weighted by Crippen LogP contribution is -2.40. The van der Waals surface area contributed by atoms with Crippen molar-refractivity contribution in [2.45, 2.75) is 122 Å². The molecule has 0 radical (unpaired) electrons. The van der Waals surface area contributed by atoms with Crippen molar-refractivity contribution in [1.82, 2.24) is 5.32 Å². The number of rotatable bonds is 12. The third-order valence-electron chi connectivity index (χ3n) is 4.87. The second-order valence-electron chi connectivity index (χ2n) is 7.02. The number of unbranched alkanes of at least 4 members (excludes halogenated alkanes) is 10. The molecule has 1 heteroatoms. The van der Waals surface area contributed by atoms with E-state index in [2.05, 4.69) is 19.2 Å². The van der Waals surface area contributed by atoms with Gasteiger partial charge in [0.15, 0.2) is 0 Å². The van der Waals surface area contributed by atoms with Gasteiger partial charge in [-0.25, -0.2) is 0 Å². The molecule has 1 aliphatic rings. The maximum atomic E-state index is 3.75. The Bertz CT molecular complexity index is 202. The zero-order chi connectivity index (χ0) is 14.5. The predicted octanol–water partition coefficient (Wildman–Crippen LogP) is 6.22. The maximum Gasteiger partial charge on any atom is 0.00695 e. The molecule has 1 nitrogen and oxygen atoms in total. The molecule has 1 fully saturated rings. The van der Waals surface area contributed by atoms with E-state index in [1.165, 1.54) is 96.3 Å². The monoisotopic (exact) mass is 281 g/mol. The molecule has 0 aliphatic carbocycles. The average molecular weight is 282 g/mol. The fourth-order valence-electron chi connectivity index (χ4n) is 3.52. The van der Waals surface area contributed by atoms with E-state index in [0.29, 0.717) is 0 Å². The second-order valence-corrected chi connectivity index (χ2v) is 7.02. The molecule has 1 rings (SSSR count). The highest BCUT2D eigenvalue weighted by molar-refractivity contribution is 4.77. The summed E-state index contributed by atoms with van der Waals surface area (Å²) in [6.45, 7) is 4.64. The van der Waals surface area contributed by atoms with Gasteiger partial charge >= 0.3 is 0 Å². The van der Waals surface area contributed by atoms with Gasteiger partial charge in [-0.3, -0.25) is 0 Å². The van der Waals surface area contributed by atoms with Crippen molar-refractivity contribution < 1.29 is 0 Å². The predicted molar refractivity (Wildman–Crippen MR) is 91.3 cm³/mol. The van der Waals surface area contributed by atoms with Gasteiger partial charge in [-0.1, -0.05) is 84.0 Å². The summed E-state index contributed by atoms with van der Waals surface area (Å²) in [4.78, 5) is 0. The minimum absolute atomic E-state index is 0.765. The minimum Gasteiger partial charge on any atom is -0.312 e. The first-order valence-corrected chi connectivity index (χ1v) is 9.59. The molecular formula is C19H39N. The van der Waals surface area contributed by atoms with Crippen LogP contribution < -0.4 is 5.32 Å². The summed E-state index contributed by atoms with van der Waals surface area (Å²) >= 11 is 0. The number of hydrogen-bond donors (Lipinski definition) is 1. The molecule has 0 aromatic heterocycles. The standard InChI is InChI=1S/C19H39N/c1-3-4-5-6-7-8-9-10-11-12-13-16-19-17-14-15-18(2)20-19/h18-20H,3-17H2,1-2H3. The summed E-state index contributed by atoms with van der Waals surface area (Å²) in [6, 6.07) is 1.60. The maximum absolute atomic E-state index is 3.75. The fraction of sp³-hybridized carbons (Fsp3) is 1.00. The summed E-state index contributed by atoms with van der Waals surface area (Å²) in [7, 11) is 0. The van der Waals surface area contributed by atoms with Crippen LogP contribution in [0.1, 0.15) is 110 Å². The molecule has 0 saturated carbocycles. The lowest BCUT2D eigenvalue weighted by Gasteiger charge is -2.28. The summed E-state index contributed by atoms with van der Waals surface area (Å²) < 4.78 is 0. The van der Waals surface area contributed by atoms with Crippen molar-refractivity contribution in [3.63, 3.8) is 0 Å². The van der Waals surface area contributed by atoms with Crippen molar-refractivity contribution in [3.05, 3.63) is 0 Å². The van der Waals surface area contributed by atoms with Crippen molar-refractivity contribution in [1.29, 1.82) is 0 Å². The van der Waals surface area contributed by atoms with Crippen LogP contribution in [0.25, 0.3) is 0 Å². The largest absolute Gasteiger partial charge is 0.312 e. The molecule has 1 heterocycles. The summed E-state index contributed by atoms with van der Waals surface area (Å²) in [5.74, 6) is 0. The van der Waals surface area contributed by atoms with Gasteiger partial charge in [-0.15, -0.1) is 0 Å². The molecule has 0 aromatic rings. The lowest BCUT2D eigenvalue weighted by atomic mass is 9.95. The van der Waals surface area contributed by atoms with Gasteiger partial charge in [-0.2, -0.15) is 0 Å². The van der Waals surface area contributed by atoms with E-state index in [-0.39, 0.29) is 0 Å². The van der Waals surface area contributed by atoms with Gasteiger partial charge < -0.3 is 5.32 Å². The van der Waals surface area contributed by atoms with Crippen LogP contribution in [0.2, 0.25) is 0 Å². The third kappa shape index (κ3) is 9.80. The summed E-state index contributed by atoms with van der Waals surface area (Å²) in [5, 5.41) is 3.75. The average Bonchev–Trinajstić information content (AvgIpc) is 2.45. The van der Waals surface area contributed by atoms with E-state index in [1.54, 1.807) is 0 Å². The van der Waals surface area contributed by atoms with Gasteiger partial charge in [0.2, 0.25) is 0 Å². The molecule has 1 N–H and O–H groups in total. The van der Waals surface area contributed by atoms with Crippen molar-refractivity contribution in [3.8, 4) is 0 Å². The Morgan fingerprint density at radius 1 is 0.750 bits per heavy atom. The highest BCUT2D eigenvalue weighted by atomic mass is 15.0. The molecule has 2 unspecified atom stereocenters. The van der Waals surface area contributed by atoms with Gasteiger partial charge in [-0.05, 0) is 26.2 Å². The van der Waals surface area contributed by atoms with Crippen molar-refractivity contribution in [2.24, 2.45) is 0 Å². The molecule has 20 heavy (non-hydrogen) atoms. The quantitative estimate of drug-likeness (QED) is 0.419. The molecule has 1 saturated heterocycles. The summed E-state index contributed by atoms with van der Waals surface area (Å²) in [6.07, 6.45) is 21.7. The van der Waals surface area contributed by atoms with Crippen LogP contribution in [0.15, 0.2) is 0 Å². The molecule has 0 aromatic carbocycles. The topological polar surface area (TPSA) is 12.0 Å². The van der Waals surface area contributed by atoms with Crippen LogP contribution in [0, 0.1) is 0 Å². The molecule has 0 bridgehead atoms. The van der Waals surface area contributed by atoms with E-state index in [9.17, 15) is 0 Å². The van der Waals surface area contributed by atoms with E-state index < -0.39 is 0 Å². The highest BCUT2D eigenvalue weighted by Crippen LogP contribution is 2.18. The van der Waals surface area contributed by atoms with Gasteiger partial charge in [0.1, 0.15) is 0 Å². The molecule has 0 spiro atoms. The molecule has 0 amide bonds. The van der Waals surface area contributed by atoms with Crippen LogP contribution in [0.4, 0.5) is 0 Å². The minimum atomic E-state index is 0.765. The molecular weight excluding hydrogens is 242 g/mol. The molecule has 2 atom stereocenters. The number of piperidine rings is 1. The number of hydrogen-bond acceptors (Lipinski definition) is 1. The fourth-order valence-corrected chi connectivity index (χ4v) is 3.52. The Hall–Kier alpha value is -0.0400. The van der Waals surface area contributed by atoms with Gasteiger partial charge in [0, 0.05) is 12.1 Å². The Balaban J connectivity index is 1.76. The normalized spacial score (nSPS) is 23.1. The zero-order valence-electron chi connectivity index (χ0n) is 14.3. The Kier molecular flexibility index (Phi) is 11.4. The van der Waals surface area contributed by atoms with Crippen LogP contribution >= 0.6 is 0 Å². The first-order valence-electron chi connectivity index (χ1n) is 9.59. The first kappa shape index (κ1) is 18.0. The molecule has 120 valence electrons. The van der Waals surface area contributed by atoms with E-state index in [1.807, 2.05) is 0 Å². The lowest BCUT2D eigenvalue weighted by molar-refractivity contribution is 0.314. The second kappa shape index (κ2) is 12.7. The van der Waals surface area contributed by atoms with Gasteiger partial charge in [0.25, 0.3) is 0 Å². The number of nitrogens with one attached hydrogen (secondary N) is 1. The SMILES string of the molecule is CCCCCCCCCCCCCC1CCCC(C)N1. The van der Waals surface area contributed by atoms with Crippen LogP contribution in [-0.4, -0.2) is 12.1 Å². The van der Waals surface area contributed by atoms with Crippen molar-refractivity contribution in [2.75, 3.05) is 0 Å². The summed E-state index contributed by atoms with van der Waals surface area (Å²) in [5.41, 5.74) is 0. The van der Waals surface area contributed by atoms with Crippen LogP contribution in [-0.2, 0) is 0 Å². The Morgan fingerprint density at radius 2 is 1.30 bits per heavy atom. The van der Waals surface area contributed by atoms with E-state index in [4.69, 9.17) is 0 Å². The molecule has 1 aliphatic heterocycles. The van der Waals surface area contributed by atoms with Crippen LogP contribution in [0.3, 0.4) is 0 Å². The van der Waals surface area contributed by atoms with E-state index >= 15 is 0 Å². The van der Waals surface area contributed by atoms with Crippen LogP contribution in [0.5, 0.6) is 0 Å². The van der Waals surface area contributed by atoms with Crippen molar-refractivity contribution >= 4 is 0 Å². The highest BCUT2D eigenvalue weighted by Gasteiger charge is 2.16. The smallest absolute Gasteiger partial charge is 0.00695 e. The third-order valence-corrected chi connectivity index (χ3v) is 4.87. The Labute approximate surface area is 128 Å². The van der Waals surface area contributed by atoms with E-state index in [0.717, 1.165) is 12.1 Å². The first-order chi connectivity index (χ1) is 9.83.